The van der Waals surface area contributed by atoms with Gasteiger partial charge < -0.3 is 5.73 Å². The number of hydrogen-bond donors (Lipinski definition) is 1. The van der Waals surface area contributed by atoms with Crippen LogP contribution >= 0.6 is 11.8 Å². The zero-order valence-electron chi connectivity index (χ0n) is 11.4. The van der Waals surface area contributed by atoms with Crippen LogP contribution in [0.2, 0.25) is 0 Å². The summed E-state index contributed by atoms with van der Waals surface area (Å²) < 4.78 is 0. The second kappa shape index (κ2) is 6.12. The minimum absolute atomic E-state index is 0.153. The molecule has 2 heterocycles. The van der Waals surface area contributed by atoms with Crippen molar-refractivity contribution in [3.05, 3.63) is 41.3 Å². The van der Waals surface area contributed by atoms with Crippen LogP contribution in [-0.2, 0) is 6.42 Å². The summed E-state index contributed by atoms with van der Waals surface area (Å²) in [7, 11) is 0. The Labute approximate surface area is 117 Å². The summed E-state index contributed by atoms with van der Waals surface area (Å²) in [5, 5.41) is 1.68. The summed E-state index contributed by atoms with van der Waals surface area (Å²) >= 11 is 1.49. The third-order valence-corrected chi connectivity index (χ3v) is 3.61. The van der Waals surface area contributed by atoms with Crippen molar-refractivity contribution in [2.75, 3.05) is 0 Å². The highest BCUT2D eigenvalue weighted by atomic mass is 32.2. The zero-order valence-corrected chi connectivity index (χ0v) is 12.2. The highest BCUT2D eigenvalue weighted by Gasteiger charge is 2.07. The average Bonchev–Trinajstić information content (AvgIpc) is 2.32. The third kappa shape index (κ3) is 4.01. The molecule has 1 unspecified atom stereocenters. The van der Waals surface area contributed by atoms with Crippen molar-refractivity contribution in [2.24, 2.45) is 5.73 Å². The predicted molar refractivity (Wildman–Crippen MR) is 77.2 cm³/mol. The van der Waals surface area contributed by atoms with Crippen LogP contribution in [-0.4, -0.2) is 21.0 Å². The lowest BCUT2D eigenvalue weighted by atomic mass is 10.1. The number of nitrogens with two attached hydrogens (primary N) is 1. The van der Waals surface area contributed by atoms with E-state index >= 15 is 0 Å². The number of rotatable bonds is 4. The maximum atomic E-state index is 5.80. The van der Waals surface area contributed by atoms with E-state index in [0.717, 1.165) is 27.9 Å². The lowest BCUT2D eigenvalue weighted by Gasteiger charge is -2.08. The predicted octanol–water partition coefficient (Wildman–Crippen LogP) is 2.53. The van der Waals surface area contributed by atoms with Crippen molar-refractivity contribution in [3.63, 3.8) is 0 Å². The fourth-order valence-corrected chi connectivity index (χ4v) is 2.57. The van der Waals surface area contributed by atoms with Gasteiger partial charge in [0.05, 0.1) is 0 Å². The van der Waals surface area contributed by atoms with Crippen molar-refractivity contribution < 1.29 is 0 Å². The molecule has 0 aliphatic rings. The lowest BCUT2D eigenvalue weighted by Crippen LogP contribution is -2.17. The fourth-order valence-electron chi connectivity index (χ4n) is 1.77. The van der Waals surface area contributed by atoms with Gasteiger partial charge in [0, 0.05) is 24.1 Å². The van der Waals surface area contributed by atoms with Crippen LogP contribution in [0.4, 0.5) is 0 Å². The van der Waals surface area contributed by atoms with E-state index < -0.39 is 0 Å². The van der Waals surface area contributed by atoms with Gasteiger partial charge in [-0.2, -0.15) is 0 Å². The molecule has 0 saturated carbocycles. The summed E-state index contributed by atoms with van der Waals surface area (Å²) in [5.74, 6) is 0. The first-order chi connectivity index (χ1) is 9.04. The van der Waals surface area contributed by atoms with Gasteiger partial charge in [0.2, 0.25) is 0 Å². The number of aryl methyl sites for hydroxylation is 2. The molecule has 0 spiro atoms. The van der Waals surface area contributed by atoms with Gasteiger partial charge in [0.1, 0.15) is 5.03 Å². The van der Waals surface area contributed by atoms with Gasteiger partial charge in [0.15, 0.2) is 5.16 Å². The maximum Gasteiger partial charge on any atom is 0.194 e. The molecule has 4 nitrogen and oxygen atoms in total. The van der Waals surface area contributed by atoms with Crippen molar-refractivity contribution in [2.45, 2.75) is 43.4 Å². The third-order valence-electron chi connectivity index (χ3n) is 2.61. The summed E-state index contributed by atoms with van der Waals surface area (Å²) in [6.07, 6.45) is 4.50. The van der Waals surface area contributed by atoms with E-state index in [-0.39, 0.29) is 6.04 Å². The van der Waals surface area contributed by atoms with Crippen molar-refractivity contribution >= 4 is 11.8 Å². The molecule has 0 aliphatic carbocycles. The van der Waals surface area contributed by atoms with Gasteiger partial charge in [-0.05, 0) is 56.1 Å². The van der Waals surface area contributed by atoms with Gasteiger partial charge in [-0.3, -0.25) is 0 Å². The lowest BCUT2D eigenvalue weighted by molar-refractivity contribution is 0.733. The molecule has 0 bridgehead atoms. The molecular weight excluding hydrogens is 256 g/mol. The Balaban J connectivity index is 2.17. The molecule has 0 amide bonds. The molecule has 0 aromatic carbocycles. The SMILES string of the molecule is Cc1ccnc(Sc2ncc(CC(C)N)cc2C)n1. The molecule has 100 valence electrons. The Morgan fingerprint density at radius 2 is 2.11 bits per heavy atom. The molecule has 0 radical (unpaired) electrons. The molecule has 2 aromatic rings. The summed E-state index contributed by atoms with van der Waals surface area (Å²) in [5.41, 5.74) is 9.06. The van der Waals surface area contributed by atoms with E-state index in [1.54, 1.807) is 6.20 Å². The fraction of sp³-hybridized carbons (Fsp3) is 0.357. The van der Waals surface area contributed by atoms with Crippen LogP contribution in [0.15, 0.2) is 34.7 Å². The molecule has 1 atom stereocenters. The molecule has 2 aromatic heterocycles. The monoisotopic (exact) mass is 274 g/mol. The normalized spacial score (nSPS) is 12.4. The summed E-state index contributed by atoms with van der Waals surface area (Å²) in [4.78, 5) is 13.1. The minimum Gasteiger partial charge on any atom is -0.328 e. The quantitative estimate of drug-likeness (QED) is 0.868. The van der Waals surface area contributed by atoms with Gasteiger partial charge in [-0.15, -0.1) is 0 Å². The Morgan fingerprint density at radius 3 is 2.74 bits per heavy atom. The van der Waals surface area contributed by atoms with Gasteiger partial charge in [0.25, 0.3) is 0 Å². The number of hydrogen-bond acceptors (Lipinski definition) is 5. The molecule has 2 N–H and O–H groups in total. The number of nitrogens with zero attached hydrogens (tertiary/aromatic N) is 3. The van der Waals surface area contributed by atoms with Gasteiger partial charge in [-0.1, -0.05) is 6.07 Å². The number of pyridine rings is 1. The molecule has 19 heavy (non-hydrogen) atoms. The van der Waals surface area contributed by atoms with Crippen LogP contribution in [0.25, 0.3) is 0 Å². The van der Waals surface area contributed by atoms with E-state index in [4.69, 9.17) is 5.73 Å². The Kier molecular flexibility index (Phi) is 4.50. The van der Waals surface area contributed by atoms with Crippen LogP contribution in [0, 0.1) is 13.8 Å². The highest BCUT2D eigenvalue weighted by molar-refractivity contribution is 7.99. The first kappa shape index (κ1) is 14.0. The van der Waals surface area contributed by atoms with E-state index in [1.807, 2.05) is 26.1 Å². The van der Waals surface area contributed by atoms with Crippen LogP contribution in [0.5, 0.6) is 0 Å². The number of aromatic nitrogens is 3. The second-order valence-corrected chi connectivity index (χ2v) is 5.69. The van der Waals surface area contributed by atoms with E-state index in [0.29, 0.717) is 0 Å². The summed E-state index contributed by atoms with van der Waals surface area (Å²) in [6, 6.07) is 4.17. The second-order valence-electron chi connectivity index (χ2n) is 4.73. The topological polar surface area (TPSA) is 64.7 Å². The Bertz CT molecular complexity index is 569. The smallest absolute Gasteiger partial charge is 0.194 e. The molecular formula is C14H18N4S. The largest absolute Gasteiger partial charge is 0.328 e. The van der Waals surface area contributed by atoms with Crippen molar-refractivity contribution in [1.82, 2.24) is 15.0 Å². The Morgan fingerprint density at radius 1 is 1.32 bits per heavy atom. The minimum atomic E-state index is 0.153. The van der Waals surface area contributed by atoms with E-state index in [9.17, 15) is 0 Å². The molecule has 0 fully saturated rings. The van der Waals surface area contributed by atoms with Gasteiger partial charge >= 0.3 is 0 Å². The van der Waals surface area contributed by atoms with Crippen LogP contribution in [0.3, 0.4) is 0 Å². The standard InChI is InChI=1S/C14H18N4S/c1-9-6-12(7-10(2)15)8-17-13(9)19-14-16-5-4-11(3)18-14/h4-6,8,10H,7,15H2,1-3H3. The molecule has 2 rings (SSSR count). The van der Waals surface area contributed by atoms with E-state index in [2.05, 4.69) is 27.9 Å². The zero-order chi connectivity index (χ0) is 13.8. The molecule has 0 saturated heterocycles. The molecule has 5 heteroatoms. The maximum absolute atomic E-state index is 5.80. The first-order valence-corrected chi connectivity index (χ1v) is 7.05. The van der Waals surface area contributed by atoms with Crippen molar-refractivity contribution in [1.29, 1.82) is 0 Å². The van der Waals surface area contributed by atoms with E-state index in [1.165, 1.54) is 17.3 Å². The average molecular weight is 274 g/mol. The van der Waals surface area contributed by atoms with Crippen LogP contribution in [0.1, 0.15) is 23.7 Å². The Hall–Kier alpha value is -1.46. The van der Waals surface area contributed by atoms with Crippen LogP contribution < -0.4 is 5.73 Å². The molecule has 0 aliphatic heterocycles. The highest BCUT2D eigenvalue weighted by Crippen LogP contribution is 2.26. The first-order valence-electron chi connectivity index (χ1n) is 6.23. The summed E-state index contributed by atoms with van der Waals surface area (Å²) in [6.45, 7) is 6.01. The van der Waals surface area contributed by atoms with Crippen molar-refractivity contribution in [3.8, 4) is 0 Å². The van der Waals surface area contributed by atoms with Gasteiger partial charge in [-0.25, -0.2) is 15.0 Å².